The van der Waals surface area contributed by atoms with Crippen molar-refractivity contribution in [3.8, 4) is 27.9 Å². The highest BCUT2D eigenvalue weighted by Crippen LogP contribution is 2.28. The minimum atomic E-state index is -1.58. The van der Waals surface area contributed by atoms with Crippen LogP contribution in [-0.2, 0) is 6.61 Å². The minimum absolute atomic E-state index is 0.126. The summed E-state index contributed by atoms with van der Waals surface area (Å²) in [7, 11) is 0. The highest BCUT2D eigenvalue weighted by Gasteiger charge is 2.20. The fourth-order valence-corrected chi connectivity index (χ4v) is 3.07. The summed E-state index contributed by atoms with van der Waals surface area (Å²) in [5, 5.41) is 5.81. The van der Waals surface area contributed by atoms with Crippen LogP contribution in [-0.4, -0.2) is 10.1 Å². The topological polar surface area (TPSA) is 48.2 Å². The van der Waals surface area contributed by atoms with Crippen LogP contribution in [0.15, 0.2) is 52.4 Å². The van der Waals surface area contributed by atoms with Crippen molar-refractivity contribution in [3.63, 3.8) is 0 Å². The summed E-state index contributed by atoms with van der Waals surface area (Å²) in [5.74, 6) is -6.54. The van der Waals surface area contributed by atoms with E-state index in [4.69, 9.17) is 9.26 Å². The van der Waals surface area contributed by atoms with Crippen LogP contribution < -0.4 is 4.74 Å². The first-order chi connectivity index (χ1) is 13.5. The first-order valence-electron chi connectivity index (χ1n) is 7.95. The molecule has 0 aliphatic rings. The molecule has 2 heterocycles. The fraction of sp³-hybridized carbons (Fsp3) is 0.0526. The Kier molecular flexibility index (Phi) is 4.82. The molecule has 28 heavy (non-hydrogen) atoms. The maximum absolute atomic E-state index is 13.6. The van der Waals surface area contributed by atoms with Crippen LogP contribution in [0.2, 0.25) is 0 Å². The van der Waals surface area contributed by atoms with Crippen LogP contribution in [0.1, 0.15) is 5.56 Å². The summed E-state index contributed by atoms with van der Waals surface area (Å²) < 4.78 is 63.8. The summed E-state index contributed by atoms with van der Waals surface area (Å²) in [6.45, 7) is -0.290. The Hall–Kier alpha value is -3.20. The first-order valence-corrected chi connectivity index (χ1v) is 8.83. The van der Waals surface area contributed by atoms with E-state index in [-0.39, 0.29) is 12.7 Å². The fourth-order valence-electron chi connectivity index (χ4n) is 2.42. The molecule has 4 rings (SSSR count). The van der Waals surface area contributed by atoms with E-state index in [2.05, 4.69) is 10.1 Å². The molecule has 2 aromatic carbocycles. The van der Waals surface area contributed by atoms with Gasteiger partial charge in [0.05, 0.1) is 4.88 Å². The lowest BCUT2D eigenvalue weighted by Crippen LogP contribution is -2.03. The third-order valence-corrected chi connectivity index (χ3v) is 4.69. The van der Waals surface area contributed by atoms with Crippen molar-refractivity contribution in [2.75, 3.05) is 0 Å². The molecule has 0 saturated carbocycles. The van der Waals surface area contributed by atoms with E-state index in [1.54, 1.807) is 24.3 Å². The quantitative estimate of drug-likeness (QED) is 0.320. The van der Waals surface area contributed by atoms with Gasteiger partial charge in [-0.3, -0.25) is 0 Å². The summed E-state index contributed by atoms with van der Waals surface area (Å²) in [4.78, 5) is 5.17. The van der Waals surface area contributed by atoms with Crippen LogP contribution in [0.25, 0.3) is 22.2 Å². The zero-order chi connectivity index (χ0) is 19.7. The third-order valence-electron chi connectivity index (χ3n) is 3.82. The van der Waals surface area contributed by atoms with Gasteiger partial charge in [-0.2, -0.15) is 13.8 Å². The van der Waals surface area contributed by atoms with E-state index in [1.807, 2.05) is 17.5 Å². The monoisotopic (exact) mass is 406 g/mol. The molecule has 0 unspecified atom stereocenters. The Morgan fingerprint density at radius 1 is 0.964 bits per heavy atom. The molecule has 9 heteroatoms. The molecule has 4 nitrogen and oxygen atoms in total. The van der Waals surface area contributed by atoms with Gasteiger partial charge < -0.3 is 9.26 Å². The molecule has 0 bridgehead atoms. The number of aromatic nitrogens is 2. The van der Waals surface area contributed by atoms with Crippen LogP contribution >= 0.6 is 11.3 Å². The maximum atomic E-state index is 13.6. The molecule has 0 aliphatic heterocycles. The Morgan fingerprint density at radius 3 is 2.32 bits per heavy atom. The minimum Gasteiger partial charge on any atom is -0.483 e. The summed E-state index contributed by atoms with van der Waals surface area (Å²) in [6, 6.07) is 10.4. The second-order valence-corrected chi connectivity index (χ2v) is 6.63. The largest absolute Gasteiger partial charge is 0.483 e. The van der Waals surface area contributed by atoms with Crippen molar-refractivity contribution in [2.24, 2.45) is 0 Å². The molecule has 2 aromatic heterocycles. The molecule has 0 radical (unpaired) electrons. The number of hydrogen-bond donors (Lipinski definition) is 0. The number of rotatable bonds is 5. The number of thiophene rings is 1. The lowest BCUT2D eigenvalue weighted by atomic mass is 10.1. The second kappa shape index (κ2) is 7.43. The first kappa shape index (κ1) is 18.2. The van der Waals surface area contributed by atoms with Crippen molar-refractivity contribution < 1.29 is 26.8 Å². The summed E-state index contributed by atoms with van der Waals surface area (Å²) in [5.41, 5.74) is 1.15. The van der Waals surface area contributed by atoms with Crippen molar-refractivity contribution in [1.29, 1.82) is 0 Å². The maximum Gasteiger partial charge on any atom is 0.258 e. The van der Waals surface area contributed by atoms with Crippen molar-refractivity contribution in [2.45, 2.75) is 6.61 Å². The van der Waals surface area contributed by atoms with Gasteiger partial charge in [0.25, 0.3) is 5.89 Å². The average molecular weight is 406 g/mol. The van der Waals surface area contributed by atoms with Gasteiger partial charge in [-0.1, -0.05) is 23.4 Å². The lowest BCUT2D eigenvalue weighted by molar-refractivity contribution is 0.261. The second-order valence-electron chi connectivity index (χ2n) is 5.68. The van der Waals surface area contributed by atoms with Gasteiger partial charge in [0.15, 0.2) is 17.4 Å². The molecular weight excluding hydrogens is 396 g/mol. The van der Waals surface area contributed by atoms with Crippen LogP contribution in [0.3, 0.4) is 0 Å². The van der Waals surface area contributed by atoms with E-state index in [0.29, 0.717) is 22.8 Å². The standard InChI is InChI=1S/C19H10F4N2O2S/c20-12-8-13(21)16(23)17(15(12)22)26-9-10-3-5-11(6-4-10)19-24-18(25-27-19)14-2-1-7-28-14/h1-8H,9H2. The van der Waals surface area contributed by atoms with Gasteiger partial charge in [-0.05, 0) is 29.1 Å². The smallest absolute Gasteiger partial charge is 0.258 e. The van der Waals surface area contributed by atoms with Crippen LogP contribution in [0.4, 0.5) is 17.6 Å². The van der Waals surface area contributed by atoms with E-state index in [9.17, 15) is 17.6 Å². The third kappa shape index (κ3) is 3.48. The molecular formula is C19H10F4N2O2S. The average Bonchev–Trinajstić information content (AvgIpc) is 3.38. The molecule has 0 atom stereocenters. The zero-order valence-electron chi connectivity index (χ0n) is 14.0. The Bertz CT molecular complexity index is 1090. The van der Waals surface area contributed by atoms with Gasteiger partial charge in [0, 0.05) is 11.6 Å². The molecule has 0 N–H and O–H groups in total. The normalized spacial score (nSPS) is 11.0. The Labute approximate surface area is 160 Å². The molecule has 0 saturated heterocycles. The summed E-state index contributed by atoms with van der Waals surface area (Å²) in [6.07, 6.45) is 0. The van der Waals surface area contributed by atoms with Gasteiger partial charge in [-0.25, -0.2) is 8.78 Å². The van der Waals surface area contributed by atoms with Crippen molar-refractivity contribution >= 4 is 11.3 Å². The number of nitrogens with zero attached hydrogens (tertiary/aromatic N) is 2. The Morgan fingerprint density at radius 2 is 1.68 bits per heavy atom. The highest BCUT2D eigenvalue weighted by atomic mass is 32.1. The highest BCUT2D eigenvalue weighted by molar-refractivity contribution is 7.13. The summed E-state index contributed by atoms with van der Waals surface area (Å²) >= 11 is 1.48. The van der Waals surface area contributed by atoms with Gasteiger partial charge in [0.1, 0.15) is 6.61 Å². The van der Waals surface area contributed by atoms with Crippen LogP contribution in [0, 0.1) is 23.3 Å². The van der Waals surface area contributed by atoms with E-state index in [0.717, 1.165) is 4.88 Å². The predicted octanol–water partition coefficient (Wildman–Crippen LogP) is 5.60. The molecule has 0 amide bonds. The molecule has 142 valence electrons. The number of hydrogen-bond acceptors (Lipinski definition) is 5. The zero-order valence-corrected chi connectivity index (χ0v) is 14.8. The lowest BCUT2D eigenvalue weighted by Gasteiger charge is -2.09. The Balaban J connectivity index is 1.49. The van der Waals surface area contributed by atoms with Crippen LogP contribution in [0.5, 0.6) is 5.75 Å². The van der Waals surface area contributed by atoms with Gasteiger partial charge in [-0.15, -0.1) is 11.3 Å². The molecule has 4 aromatic rings. The number of benzene rings is 2. The number of halogens is 4. The van der Waals surface area contributed by atoms with Crippen molar-refractivity contribution in [1.82, 2.24) is 10.1 Å². The predicted molar refractivity (Wildman–Crippen MR) is 93.7 cm³/mol. The molecule has 0 aliphatic carbocycles. The molecule has 0 spiro atoms. The van der Waals surface area contributed by atoms with Gasteiger partial charge >= 0.3 is 0 Å². The van der Waals surface area contributed by atoms with E-state index in [1.165, 1.54) is 11.3 Å². The van der Waals surface area contributed by atoms with Gasteiger partial charge in [0.2, 0.25) is 17.5 Å². The van der Waals surface area contributed by atoms with Crippen molar-refractivity contribution in [3.05, 3.63) is 76.7 Å². The van der Waals surface area contributed by atoms with E-state index >= 15 is 0 Å². The number of ether oxygens (including phenoxy) is 1. The van der Waals surface area contributed by atoms with E-state index < -0.39 is 29.0 Å². The molecule has 0 fully saturated rings. The SMILES string of the molecule is Fc1cc(F)c(F)c(OCc2ccc(-c3nc(-c4cccs4)no3)cc2)c1F.